The summed E-state index contributed by atoms with van der Waals surface area (Å²) < 4.78 is 13.6. The highest BCUT2D eigenvalue weighted by molar-refractivity contribution is 7.48. The number of aryl methyl sites for hydroxylation is 1. The van der Waals surface area contributed by atoms with Gasteiger partial charge < -0.3 is 5.11 Å². The number of phenolic OH excluding ortho intramolecular Hbond substituents is 1. The highest BCUT2D eigenvalue weighted by Gasteiger charge is 2.32. The molecular weight excluding hydrogens is 382 g/mol. The van der Waals surface area contributed by atoms with Gasteiger partial charge in [0.1, 0.15) is 11.6 Å². The van der Waals surface area contributed by atoms with Gasteiger partial charge in [-0.3, -0.25) is 4.79 Å². The van der Waals surface area contributed by atoms with Crippen molar-refractivity contribution in [1.82, 2.24) is 0 Å². The number of benzene rings is 2. The van der Waals surface area contributed by atoms with Crippen LogP contribution in [0.3, 0.4) is 0 Å². The highest BCUT2D eigenvalue weighted by atomic mass is 31.1. The van der Waals surface area contributed by atoms with Crippen LogP contribution in [0.25, 0.3) is 0 Å². The first kappa shape index (κ1) is 23.5. The number of halogens is 1. The zero-order valence-electron chi connectivity index (χ0n) is 18.5. The molecule has 0 saturated carbocycles. The average Bonchev–Trinajstić information content (AvgIpc) is 2.64. The van der Waals surface area contributed by atoms with Crippen LogP contribution in [0.15, 0.2) is 30.3 Å². The molecule has 0 spiro atoms. The smallest absolute Gasteiger partial charge is 0.150 e. The average molecular weight is 417 g/mol. The van der Waals surface area contributed by atoms with Crippen LogP contribution in [-0.4, -0.2) is 11.4 Å². The molecule has 2 aromatic rings. The predicted octanol–water partition coefficient (Wildman–Crippen LogP) is 6.75. The fourth-order valence-corrected chi connectivity index (χ4v) is 5.33. The van der Waals surface area contributed by atoms with Crippen LogP contribution in [0, 0.1) is 12.7 Å². The molecule has 0 heterocycles. The number of hydrogen-bond donors (Lipinski definition) is 1. The molecule has 0 aromatic heterocycles. The van der Waals surface area contributed by atoms with Crippen LogP contribution in [0.5, 0.6) is 5.75 Å². The Morgan fingerprint density at radius 3 is 2.38 bits per heavy atom. The second-order valence-electron chi connectivity index (χ2n) is 9.20. The maximum absolute atomic E-state index is 13.6. The van der Waals surface area contributed by atoms with Crippen molar-refractivity contribution in [2.75, 3.05) is 0 Å². The third-order valence-corrected chi connectivity index (χ3v) is 7.39. The number of aromatic hydroxyl groups is 1. The number of carbonyl (C=O) groups is 1. The van der Waals surface area contributed by atoms with E-state index in [4.69, 9.17) is 0 Å². The third kappa shape index (κ3) is 5.66. The van der Waals surface area contributed by atoms with Crippen molar-refractivity contribution in [3.63, 3.8) is 0 Å². The molecule has 1 N–H and O–H groups in total. The lowest BCUT2D eigenvalue weighted by Crippen LogP contribution is -2.23. The van der Waals surface area contributed by atoms with Gasteiger partial charge in [-0.1, -0.05) is 80.7 Å². The first-order valence-corrected chi connectivity index (χ1v) is 11.4. The zero-order chi connectivity index (χ0) is 21.8. The number of hydrogen-bond acceptors (Lipinski definition) is 2. The molecule has 0 aliphatic heterocycles. The van der Waals surface area contributed by atoms with E-state index in [0.717, 1.165) is 48.4 Å². The number of carbonyl (C=O) groups excluding carboxylic acids is 1. The monoisotopic (exact) mass is 416 g/mol. The van der Waals surface area contributed by atoms with E-state index < -0.39 is 5.82 Å². The molecule has 158 valence electrons. The molecule has 0 fully saturated rings. The minimum absolute atomic E-state index is 0.0372. The lowest BCUT2D eigenvalue weighted by molar-refractivity contribution is 0.112. The second-order valence-corrected chi connectivity index (χ2v) is 11.1. The quantitative estimate of drug-likeness (QED) is 0.294. The van der Waals surface area contributed by atoms with Crippen LogP contribution in [0.1, 0.15) is 87.4 Å². The Kier molecular flexibility index (Phi) is 7.62. The number of unbranched alkanes of at least 4 members (excludes halogenated alkanes) is 2. The molecule has 2 unspecified atom stereocenters. The normalized spacial score (nSPS) is 14.3. The van der Waals surface area contributed by atoms with Crippen LogP contribution < -0.4 is 5.30 Å². The second kappa shape index (κ2) is 9.39. The van der Waals surface area contributed by atoms with Gasteiger partial charge in [0, 0.05) is 16.3 Å². The summed E-state index contributed by atoms with van der Waals surface area (Å²) in [6.07, 6.45) is 4.89. The molecule has 2 rings (SSSR count). The summed E-state index contributed by atoms with van der Waals surface area (Å²) >= 11 is 0. The largest absolute Gasteiger partial charge is 0.507 e. The van der Waals surface area contributed by atoms with Crippen LogP contribution in [-0.2, 0) is 10.6 Å². The van der Waals surface area contributed by atoms with E-state index in [1.54, 1.807) is 6.07 Å². The van der Waals surface area contributed by atoms with Gasteiger partial charge in [-0.2, -0.15) is 0 Å². The van der Waals surface area contributed by atoms with Gasteiger partial charge in [0.2, 0.25) is 0 Å². The first-order chi connectivity index (χ1) is 13.5. The van der Waals surface area contributed by atoms with E-state index in [1.165, 1.54) is 17.7 Å². The molecule has 0 aliphatic rings. The topological polar surface area (TPSA) is 37.3 Å². The molecular formula is C25H34FO2P. The number of phenols is 1. The highest BCUT2D eigenvalue weighted by Crippen LogP contribution is 2.50. The standard InChI is InChI=1S/C25H34FO2P/c1-7-8-9-12-25(6,29-22-11-10-20(26)14-18(22)16-27)21-15-19(24(3,4)5)13-17(2)23(21)28/h10-11,13-16,28-29H,7-9,12H2,1-6H3. The van der Waals surface area contributed by atoms with Gasteiger partial charge in [0.25, 0.3) is 0 Å². The van der Waals surface area contributed by atoms with Crippen LogP contribution >= 0.6 is 8.58 Å². The zero-order valence-corrected chi connectivity index (χ0v) is 19.5. The van der Waals surface area contributed by atoms with Crippen molar-refractivity contribution >= 4 is 20.2 Å². The minimum Gasteiger partial charge on any atom is -0.507 e. The van der Waals surface area contributed by atoms with Crippen molar-refractivity contribution in [2.45, 2.75) is 77.8 Å². The Morgan fingerprint density at radius 1 is 1.10 bits per heavy atom. The summed E-state index contributed by atoms with van der Waals surface area (Å²) in [6.45, 7) is 12.8. The SMILES string of the molecule is CCCCCC(C)(Pc1ccc(F)cc1C=O)c1cc(C(C)(C)C)cc(C)c1O. The lowest BCUT2D eigenvalue weighted by atomic mass is 9.82. The molecule has 4 heteroatoms. The summed E-state index contributed by atoms with van der Waals surface area (Å²) in [7, 11) is 0.254. The summed E-state index contributed by atoms with van der Waals surface area (Å²) in [5.41, 5.74) is 3.34. The molecule has 0 bridgehead atoms. The fourth-order valence-electron chi connectivity index (χ4n) is 3.67. The molecule has 2 aromatic carbocycles. The molecule has 0 amide bonds. The molecule has 29 heavy (non-hydrogen) atoms. The van der Waals surface area contributed by atoms with Gasteiger partial charge >= 0.3 is 0 Å². The number of rotatable bonds is 8. The van der Waals surface area contributed by atoms with Crippen molar-refractivity contribution in [3.8, 4) is 5.75 Å². The molecule has 0 radical (unpaired) electrons. The Bertz CT molecular complexity index is 870. The van der Waals surface area contributed by atoms with E-state index in [2.05, 4.69) is 46.8 Å². The minimum atomic E-state index is -0.401. The van der Waals surface area contributed by atoms with E-state index in [1.807, 2.05) is 6.92 Å². The maximum Gasteiger partial charge on any atom is 0.150 e. The van der Waals surface area contributed by atoms with Crippen LogP contribution in [0.2, 0.25) is 0 Å². The summed E-state index contributed by atoms with van der Waals surface area (Å²) in [5, 5.41) is 11.5. The molecule has 0 aliphatic carbocycles. The molecule has 2 nitrogen and oxygen atoms in total. The third-order valence-electron chi connectivity index (χ3n) is 5.59. The van der Waals surface area contributed by atoms with Gasteiger partial charge in [-0.05, 0) is 47.3 Å². The van der Waals surface area contributed by atoms with Crippen molar-refractivity contribution in [1.29, 1.82) is 0 Å². The van der Waals surface area contributed by atoms with Gasteiger partial charge in [-0.25, -0.2) is 4.39 Å². The maximum atomic E-state index is 13.6. The molecule has 0 saturated heterocycles. The predicted molar refractivity (Wildman–Crippen MR) is 123 cm³/mol. The summed E-state index contributed by atoms with van der Waals surface area (Å²) in [4.78, 5) is 11.6. The van der Waals surface area contributed by atoms with E-state index in [-0.39, 0.29) is 19.2 Å². The van der Waals surface area contributed by atoms with E-state index in [9.17, 15) is 14.3 Å². The van der Waals surface area contributed by atoms with E-state index >= 15 is 0 Å². The van der Waals surface area contributed by atoms with Crippen molar-refractivity contribution < 1.29 is 14.3 Å². The first-order valence-electron chi connectivity index (χ1n) is 10.4. The number of aldehydes is 1. The van der Waals surface area contributed by atoms with Gasteiger partial charge in [0.15, 0.2) is 6.29 Å². The van der Waals surface area contributed by atoms with Crippen LogP contribution in [0.4, 0.5) is 4.39 Å². The molecule has 2 atom stereocenters. The van der Waals surface area contributed by atoms with E-state index in [0.29, 0.717) is 11.3 Å². The summed E-state index contributed by atoms with van der Waals surface area (Å²) in [5.74, 6) is -0.0685. The Balaban J connectivity index is 2.61. The fraction of sp³-hybridized carbons (Fsp3) is 0.480. The Labute approximate surface area is 176 Å². The Morgan fingerprint density at radius 2 is 1.79 bits per heavy atom. The summed E-state index contributed by atoms with van der Waals surface area (Å²) in [6, 6.07) is 8.62. The van der Waals surface area contributed by atoms with Crippen molar-refractivity contribution in [2.24, 2.45) is 0 Å². The van der Waals surface area contributed by atoms with Gasteiger partial charge in [-0.15, -0.1) is 0 Å². The Hall–Kier alpha value is -1.73. The lowest BCUT2D eigenvalue weighted by Gasteiger charge is -2.34. The van der Waals surface area contributed by atoms with Crippen molar-refractivity contribution in [3.05, 3.63) is 58.4 Å². The van der Waals surface area contributed by atoms with Gasteiger partial charge in [0.05, 0.1) is 0 Å².